The normalized spacial score (nSPS) is 17.4. The van der Waals surface area contributed by atoms with Crippen LogP contribution in [0.1, 0.15) is 26.3 Å². The Kier molecular flexibility index (Phi) is 5.02. The van der Waals surface area contributed by atoms with Crippen LogP contribution in [0.5, 0.6) is 11.5 Å². The Balaban J connectivity index is 2.40. The molecule has 9 heteroatoms. The summed E-state index contributed by atoms with van der Waals surface area (Å²) in [6.07, 6.45) is 0. The first-order chi connectivity index (χ1) is 12.0. The average molecular weight is 365 g/mol. The molecule has 1 aliphatic rings. The van der Waals surface area contributed by atoms with Crippen molar-refractivity contribution in [1.29, 1.82) is 0 Å². The van der Waals surface area contributed by atoms with Gasteiger partial charge in [0.2, 0.25) is 0 Å². The molecule has 0 aromatic heterocycles. The van der Waals surface area contributed by atoms with E-state index in [1.807, 2.05) is 20.8 Å². The summed E-state index contributed by atoms with van der Waals surface area (Å²) in [7, 11) is 2.86. The second-order valence-corrected chi connectivity index (χ2v) is 7.14. The summed E-state index contributed by atoms with van der Waals surface area (Å²) in [5.74, 6) is -1.05. The van der Waals surface area contributed by atoms with E-state index in [1.165, 1.54) is 20.2 Å². The lowest BCUT2D eigenvalue weighted by atomic mass is 9.85. The monoisotopic (exact) mass is 365 g/mol. The Morgan fingerprint density at radius 3 is 2.42 bits per heavy atom. The van der Waals surface area contributed by atoms with Crippen LogP contribution in [0.2, 0.25) is 0 Å². The first kappa shape index (κ1) is 19.4. The fourth-order valence-corrected chi connectivity index (χ4v) is 2.72. The van der Waals surface area contributed by atoms with Gasteiger partial charge in [0.25, 0.3) is 0 Å². The van der Waals surface area contributed by atoms with Crippen LogP contribution in [0.25, 0.3) is 0 Å². The molecule has 3 N–H and O–H groups in total. The van der Waals surface area contributed by atoms with E-state index in [-0.39, 0.29) is 18.0 Å². The molecule has 4 amide bonds. The predicted octanol–water partition coefficient (Wildman–Crippen LogP) is 2.05. The van der Waals surface area contributed by atoms with Gasteiger partial charge in [-0.2, -0.15) is 0 Å². The Morgan fingerprint density at radius 2 is 1.92 bits per heavy atom. The quantitative estimate of drug-likeness (QED) is 0.705. The number of aliphatic carboxylic acids is 1. The molecule has 1 aliphatic heterocycles. The van der Waals surface area contributed by atoms with Gasteiger partial charge in [0.1, 0.15) is 11.5 Å². The van der Waals surface area contributed by atoms with Gasteiger partial charge in [0.15, 0.2) is 6.04 Å². The van der Waals surface area contributed by atoms with E-state index in [2.05, 4.69) is 5.32 Å². The van der Waals surface area contributed by atoms with Crippen molar-refractivity contribution in [2.75, 3.05) is 26.0 Å². The van der Waals surface area contributed by atoms with Crippen molar-refractivity contribution < 1.29 is 29.3 Å². The van der Waals surface area contributed by atoms with Crippen molar-refractivity contribution in [3.8, 4) is 11.5 Å². The number of phenols is 1. The summed E-state index contributed by atoms with van der Waals surface area (Å²) in [5.41, 5.74) is 0.128. The molecule has 1 saturated heterocycles. The number of nitrogens with one attached hydrogen (secondary N) is 1. The second kappa shape index (κ2) is 6.74. The van der Waals surface area contributed by atoms with E-state index in [4.69, 9.17) is 4.74 Å². The van der Waals surface area contributed by atoms with Gasteiger partial charge >= 0.3 is 18.0 Å². The number of aromatic hydroxyl groups is 1. The number of hydrogen-bond acceptors (Lipinski definition) is 5. The number of urea groups is 2. The molecule has 1 fully saturated rings. The fraction of sp³-hybridized carbons (Fsp3) is 0.471. The van der Waals surface area contributed by atoms with Crippen molar-refractivity contribution in [2.45, 2.75) is 32.2 Å². The van der Waals surface area contributed by atoms with Crippen LogP contribution in [0.15, 0.2) is 12.1 Å². The molecular weight excluding hydrogens is 342 g/mol. The maximum Gasteiger partial charge on any atom is 0.330 e. The number of amides is 4. The number of carbonyl (C=O) groups excluding carboxylic acids is 2. The van der Waals surface area contributed by atoms with Gasteiger partial charge in [-0.15, -0.1) is 0 Å². The van der Waals surface area contributed by atoms with Gasteiger partial charge in [-0.05, 0) is 11.5 Å². The van der Waals surface area contributed by atoms with Crippen molar-refractivity contribution in [1.82, 2.24) is 9.80 Å². The minimum absolute atomic E-state index is 0.0331. The smallest absolute Gasteiger partial charge is 0.330 e. The largest absolute Gasteiger partial charge is 0.505 e. The molecule has 142 valence electrons. The highest BCUT2D eigenvalue weighted by Crippen LogP contribution is 2.39. The van der Waals surface area contributed by atoms with Gasteiger partial charge in [-0.25, -0.2) is 19.3 Å². The fourth-order valence-electron chi connectivity index (χ4n) is 2.72. The Hall–Kier alpha value is -2.97. The van der Waals surface area contributed by atoms with Crippen LogP contribution in [-0.2, 0) is 10.2 Å². The topological polar surface area (TPSA) is 119 Å². The zero-order valence-electron chi connectivity index (χ0n) is 15.4. The highest BCUT2D eigenvalue weighted by molar-refractivity contribution is 6.05. The van der Waals surface area contributed by atoms with Crippen molar-refractivity contribution in [2.24, 2.45) is 0 Å². The second-order valence-electron chi connectivity index (χ2n) is 7.14. The lowest BCUT2D eigenvalue weighted by Gasteiger charge is -2.24. The van der Waals surface area contributed by atoms with Crippen LogP contribution < -0.4 is 10.1 Å². The number of ether oxygens (including phenoxy) is 1. The summed E-state index contributed by atoms with van der Waals surface area (Å²) in [6, 6.07) is 0.0910. The SMILES string of the molecule is COc1cc(NC(=O)N2C(=O)N(C)C[C@H]2C(=O)O)c(O)c(C(C)(C)C)c1. The van der Waals surface area contributed by atoms with Crippen LogP contribution in [0, 0.1) is 0 Å². The van der Waals surface area contributed by atoms with Gasteiger partial charge in [0.05, 0.1) is 19.3 Å². The summed E-state index contributed by atoms with van der Waals surface area (Å²) in [6.45, 7) is 5.53. The molecule has 0 bridgehead atoms. The number of carboxylic acids is 1. The Morgan fingerprint density at radius 1 is 1.31 bits per heavy atom. The minimum Gasteiger partial charge on any atom is -0.505 e. The molecular formula is C17H23N3O6. The van der Waals surface area contributed by atoms with E-state index in [0.29, 0.717) is 16.2 Å². The minimum atomic E-state index is -1.30. The molecule has 9 nitrogen and oxygen atoms in total. The molecule has 26 heavy (non-hydrogen) atoms. The lowest BCUT2D eigenvalue weighted by Crippen LogP contribution is -2.46. The Labute approximate surface area is 151 Å². The molecule has 2 rings (SSSR count). The van der Waals surface area contributed by atoms with Gasteiger partial charge in [0, 0.05) is 18.7 Å². The first-order valence-electron chi connectivity index (χ1n) is 7.97. The van der Waals surface area contributed by atoms with Gasteiger partial charge in [-0.1, -0.05) is 20.8 Å². The van der Waals surface area contributed by atoms with Crippen LogP contribution >= 0.6 is 0 Å². The highest BCUT2D eigenvalue weighted by atomic mass is 16.5. The van der Waals surface area contributed by atoms with E-state index >= 15 is 0 Å². The predicted molar refractivity (Wildman–Crippen MR) is 93.7 cm³/mol. The zero-order valence-corrected chi connectivity index (χ0v) is 15.4. The highest BCUT2D eigenvalue weighted by Gasteiger charge is 2.44. The van der Waals surface area contributed by atoms with Crippen molar-refractivity contribution in [3.05, 3.63) is 17.7 Å². The molecule has 1 aromatic carbocycles. The maximum absolute atomic E-state index is 12.6. The van der Waals surface area contributed by atoms with Crippen LogP contribution in [0.3, 0.4) is 0 Å². The number of carbonyl (C=O) groups is 3. The van der Waals surface area contributed by atoms with Crippen molar-refractivity contribution >= 4 is 23.7 Å². The number of anilines is 1. The molecule has 0 aliphatic carbocycles. The number of methoxy groups -OCH3 is 1. The third-order valence-electron chi connectivity index (χ3n) is 4.16. The van der Waals surface area contributed by atoms with Crippen LogP contribution in [0.4, 0.5) is 15.3 Å². The molecule has 0 saturated carbocycles. The summed E-state index contributed by atoms with van der Waals surface area (Å²) >= 11 is 0. The van der Waals surface area contributed by atoms with Crippen molar-refractivity contribution in [3.63, 3.8) is 0 Å². The zero-order chi connectivity index (χ0) is 19.8. The standard InChI is InChI=1S/C17H23N3O6/c1-17(2,3)10-6-9(26-5)7-11(13(10)21)18-15(24)20-12(14(22)23)8-19(4)16(20)25/h6-7,12,21H,8H2,1-5H3,(H,18,24)(H,22,23)/t12-/m0/s1. The van der Waals surface area contributed by atoms with E-state index in [9.17, 15) is 24.6 Å². The molecule has 1 heterocycles. The van der Waals surface area contributed by atoms with Crippen LogP contribution in [-0.4, -0.2) is 64.8 Å². The molecule has 0 radical (unpaired) electrons. The number of phenolic OH excluding ortho intramolecular Hbond substituents is 1. The number of imide groups is 1. The number of rotatable bonds is 3. The summed E-state index contributed by atoms with van der Waals surface area (Å²) in [4.78, 5) is 37.8. The average Bonchev–Trinajstić information content (AvgIpc) is 2.84. The first-order valence-corrected chi connectivity index (χ1v) is 7.97. The van der Waals surface area contributed by atoms with E-state index in [1.54, 1.807) is 6.07 Å². The Bertz CT molecular complexity index is 756. The number of carboxylic acid groups (broad SMARTS) is 1. The van der Waals surface area contributed by atoms with E-state index < -0.39 is 29.5 Å². The molecule has 1 aromatic rings. The molecule has 1 atom stereocenters. The van der Waals surface area contributed by atoms with Gasteiger partial charge < -0.3 is 25.2 Å². The third-order valence-corrected chi connectivity index (χ3v) is 4.16. The number of hydrogen-bond donors (Lipinski definition) is 3. The molecule has 0 spiro atoms. The molecule has 0 unspecified atom stereocenters. The maximum atomic E-state index is 12.6. The number of likely N-dealkylation sites (N-methyl/N-ethyl adjacent to an activating group) is 1. The summed E-state index contributed by atoms with van der Waals surface area (Å²) < 4.78 is 5.20. The summed E-state index contributed by atoms with van der Waals surface area (Å²) in [5, 5.41) is 22.2. The lowest BCUT2D eigenvalue weighted by molar-refractivity contribution is -0.140. The number of benzene rings is 1. The third kappa shape index (κ3) is 3.51. The number of nitrogens with zero attached hydrogens (tertiary/aromatic N) is 2. The van der Waals surface area contributed by atoms with Gasteiger partial charge in [-0.3, -0.25) is 0 Å². The van der Waals surface area contributed by atoms with E-state index in [0.717, 1.165) is 4.90 Å².